The summed E-state index contributed by atoms with van der Waals surface area (Å²) in [6.07, 6.45) is 1.53. The van der Waals surface area contributed by atoms with Gasteiger partial charge < -0.3 is 0 Å². The van der Waals surface area contributed by atoms with Gasteiger partial charge >= 0.3 is 0 Å². The summed E-state index contributed by atoms with van der Waals surface area (Å²) in [5.74, 6) is 0.153. The molecule has 1 aromatic carbocycles. The van der Waals surface area contributed by atoms with E-state index in [2.05, 4.69) is 15.1 Å². The van der Waals surface area contributed by atoms with Crippen LogP contribution in [-0.4, -0.2) is 19.7 Å². The maximum Gasteiger partial charge on any atom is 0.168 e. The molecule has 18 heavy (non-hydrogen) atoms. The van der Waals surface area contributed by atoms with Gasteiger partial charge in [-0.05, 0) is 19.1 Å². The summed E-state index contributed by atoms with van der Waals surface area (Å²) in [5.41, 5.74) is 0.833. The van der Waals surface area contributed by atoms with Crippen LogP contribution in [-0.2, 0) is 0 Å². The van der Waals surface area contributed by atoms with E-state index in [1.54, 1.807) is 25.1 Å². The average Bonchev–Trinajstić information content (AvgIpc) is 2.73. The first kappa shape index (κ1) is 11.1. The molecule has 2 aromatic heterocycles. The molecule has 0 unspecified atom stereocenters. The van der Waals surface area contributed by atoms with Gasteiger partial charge in [-0.25, -0.2) is 19.0 Å². The Labute approximate surface area is 107 Å². The van der Waals surface area contributed by atoms with Crippen LogP contribution < -0.4 is 0 Å². The molecule has 2 heterocycles. The molecule has 0 atom stereocenters. The molecule has 0 aliphatic carbocycles. The van der Waals surface area contributed by atoms with Crippen molar-refractivity contribution in [1.29, 1.82) is 0 Å². The van der Waals surface area contributed by atoms with Crippen LogP contribution in [0.2, 0.25) is 5.15 Å². The molecule has 0 bridgehead atoms. The number of aromatic nitrogens is 4. The van der Waals surface area contributed by atoms with Crippen LogP contribution in [0.25, 0.3) is 16.7 Å². The van der Waals surface area contributed by atoms with Crippen LogP contribution in [0.15, 0.2) is 30.5 Å². The lowest BCUT2D eigenvalue weighted by Crippen LogP contribution is -2.01. The lowest BCUT2D eigenvalue weighted by atomic mass is 10.3. The molecule has 0 aliphatic heterocycles. The topological polar surface area (TPSA) is 43.6 Å². The van der Waals surface area contributed by atoms with E-state index in [1.807, 2.05) is 0 Å². The normalized spacial score (nSPS) is 11.1. The monoisotopic (exact) mass is 262 g/mol. The van der Waals surface area contributed by atoms with Crippen LogP contribution in [0, 0.1) is 12.7 Å². The van der Waals surface area contributed by atoms with Crippen molar-refractivity contribution in [3.05, 3.63) is 47.3 Å². The predicted molar refractivity (Wildman–Crippen MR) is 66.4 cm³/mol. The molecule has 0 amide bonds. The summed E-state index contributed by atoms with van der Waals surface area (Å²) in [4.78, 5) is 8.29. The van der Waals surface area contributed by atoms with Gasteiger partial charge in [0.25, 0.3) is 0 Å². The van der Waals surface area contributed by atoms with E-state index in [1.165, 1.54) is 16.9 Å². The van der Waals surface area contributed by atoms with Gasteiger partial charge in [0.15, 0.2) is 5.65 Å². The highest BCUT2D eigenvalue weighted by Gasteiger charge is 2.13. The first-order valence-electron chi connectivity index (χ1n) is 5.29. The number of rotatable bonds is 1. The minimum absolute atomic E-state index is 0.320. The van der Waals surface area contributed by atoms with Crippen molar-refractivity contribution in [2.75, 3.05) is 0 Å². The van der Waals surface area contributed by atoms with Gasteiger partial charge in [-0.15, -0.1) is 0 Å². The first-order valence-corrected chi connectivity index (χ1v) is 5.67. The molecule has 0 spiro atoms. The number of benzene rings is 1. The highest BCUT2D eigenvalue weighted by atomic mass is 35.5. The number of aryl methyl sites for hydroxylation is 1. The van der Waals surface area contributed by atoms with Gasteiger partial charge in [0.2, 0.25) is 0 Å². The predicted octanol–water partition coefficient (Wildman–Crippen LogP) is 2.92. The van der Waals surface area contributed by atoms with Crippen LogP contribution in [0.5, 0.6) is 0 Å². The molecule has 90 valence electrons. The Morgan fingerprint density at radius 3 is 2.78 bits per heavy atom. The number of hydrogen-bond acceptors (Lipinski definition) is 3. The van der Waals surface area contributed by atoms with Gasteiger partial charge in [0.05, 0.1) is 11.6 Å². The zero-order valence-electron chi connectivity index (χ0n) is 9.43. The summed E-state index contributed by atoms with van der Waals surface area (Å²) in [7, 11) is 0. The fourth-order valence-corrected chi connectivity index (χ4v) is 2.03. The number of fused-ring (bicyclic) bond motifs is 1. The summed E-state index contributed by atoms with van der Waals surface area (Å²) in [6.45, 7) is 1.73. The minimum Gasteiger partial charge on any atom is -0.221 e. The van der Waals surface area contributed by atoms with E-state index in [0.717, 1.165) is 0 Å². The van der Waals surface area contributed by atoms with Crippen LogP contribution in [0.1, 0.15) is 5.82 Å². The molecule has 3 rings (SSSR count). The van der Waals surface area contributed by atoms with Crippen LogP contribution in [0.3, 0.4) is 0 Å². The van der Waals surface area contributed by atoms with Crippen molar-refractivity contribution in [2.24, 2.45) is 0 Å². The Bertz CT molecular complexity index is 738. The van der Waals surface area contributed by atoms with E-state index in [4.69, 9.17) is 11.6 Å². The second-order valence-corrected chi connectivity index (χ2v) is 4.16. The van der Waals surface area contributed by atoms with Crippen LogP contribution >= 0.6 is 11.6 Å². The molecule has 0 N–H and O–H groups in total. The Kier molecular flexibility index (Phi) is 2.48. The SMILES string of the molecule is Cc1nc(Cl)c2cnn(-c3ccccc3F)c2n1. The average molecular weight is 263 g/mol. The summed E-state index contributed by atoms with van der Waals surface area (Å²) in [5, 5.41) is 5.04. The second-order valence-electron chi connectivity index (χ2n) is 3.81. The maximum absolute atomic E-state index is 13.7. The van der Waals surface area contributed by atoms with Crippen molar-refractivity contribution in [2.45, 2.75) is 6.92 Å². The Morgan fingerprint density at radius 1 is 1.22 bits per heavy atom. The van der Waals surface area contributed by atoms with Crippen molar-refractivity contribution < 1.29 is 4.39 Å². The Hall–Kier alpha value is -2.01. The van der Waals surface area contributed by atoms with Crippen molar-refractivity contribution in [3.63, 3.8) is 0 Å². The quantitative estimate of drug-likeness (QED) is 0.634. The summed E-state index contributed by atoms with van der Waals surface area (Å²) in [6, 6.07) is 6.37. The molecule has 6 heteroatoms. The lowest BCUT2D eigenvalue weighted by Gasteiger charge is -2.04. The van der Waals surface area contributed by atoms with Crippen molar-refractivity contribution in [3.8, 4) is 5.69 Å². The molecule has 0 fully saturated rings. The molecular weight excluding hydrogens is 255 g/mol. The number of halogens is 2. The van der Waals surface area contributed by atoms with Gasteiger partial charge in [0.1, 0.15) is 22.5 Å². The third-order valence-electron chi connectivity index (χ3n) is 2.57. The summed E-state index contributed by atoms with van der Waals surface area (Å²) >= 11 is 6.00. The van der Waals surface area contributed by atoms with Crippen molar-refractivity contribution >= 4 is 22.6 Å². The molecule has 3 aromatic rings. The second kappa shape index (κ2) is 4.03. The maximum atomic E-state index is 13.7. The summed E-state index contributed by atoms with van der Waals surface area (Å²) < 4.78 is 15.2. The number of nitrogens with zero attached hydrogens (tertiary/aromatic N) is 4. The molecule has 0 saturated carbocycles. The molecule has 4 nitrogen and oxygen atoms in total. The smallest absolute Gasteiger partial charge is 0.168 e. The van der Waals surface area contributed by atoms with E-state index < -0.39 is 0 Å². The standard InChI is InChI=1S/C12H8ClFN4/c1-7-16-11(13)8-6-15-18(12(8)17-7)10-5-3-2-4-9(10)14/h2-6H,1H3. The fourth-order valence-electron chi connectivity index (χ4n) is 1.78. The fraction of sp³-hybridized carbons (Fsp3) is 0.0833. The van der Waals surface area contributed by atoms with E-state index in [0.29, 0.717) is 27.7 Å². The molecule has 0 radical (unpaired) electrons. The highest BCUT2D eigenvalue weighted by molar-refractivity contribution is 6.33. The van der Waals surface area contributed by atoms with Gasteiger partial charge in [-0.2, -0.15) is 5.10 Å². The van der Waals surface area contributed by atoms with Crippen molar-refractivity contribution in [1.82, 2.24) is 19.7 Å². The molecule has 0 saturated heterocycles. The van der Waals surface area contributed by atoms with Gasteiger partial charge in [-0.3, -0.25) is 0 Å². The third kappa shape index (κ3) is 1.64. The van der Waals surface area contributed by atoms with Gasteiger partial charge in [-0.1, -0.05) is 23.7 Å². The lowest BCUT2D eigenvalue weighted by molar-refractivity contribution is 0.612. The van der Waals surface area contributed by atoms with E-state index in [-0.39, 0.29) is 5.82 Å². The van der Waals surface area contributed by atoms with E-state index >= 15 is 0 Å². The minimum atomic E-state index is -0.366. The Morgan fingerprint density at radius 2 is 2.00 bits per heavy atom. The zero-order chi connectivity index (χ0) is 12.7. The highest BCUT2D eigenvalue weighted by Crippen LogP contribution is 2.23. The third-order valence-corrected chi connectivity index (χ3v) is 2.86. The van der Waals surface area contributed by atoms with Gasteiger partial charge in [0, 0.05) is 0 Å². The van der Waals surface area contributed by atoms with E-state index in [9.17, 15) is 4.39 Å². The molecule has 0 aliphatic rings. The zero-order valence-corrected chi connectivity index (χ0v) is 10.2. The first-order chi connectivity index (χ1) is 8.66. The molecular formula is C12H8ClFN4. The largest absolute Gasteiger partial charge is 0.221 e. The number of hydrogen-bond donors (Lipinski definition) is 0. The van der Waals surface area contributed by atoms with Crippen LogP contribution in [0.4, 0.5) is 4.39 Å². The Balaban J connectivity index is 2.34. The number of para-hydroxylation sites is 1.